The van der Waals surface area contributed by atoms with Crippen LogP contribution in [0.25, 0.3) is 0 Å². The van der Waals surface area contributed by atoms with Gasteiger partial charge in [-0.1, -0.05) is 29.6 Å². The molecule has 2 rings (SSSR count). The zero-order chi connectivity index (χ0) is 14.9. The zero-order valence-electron chi connectivity index (χ0n) is 11.3. The molecule has 110 valence electrons. The van der Waals surface area contributed by atoms with E-state index in [9.17, 15) is 9.59 Å². The lowest BCUT2D eigenvalue weighted by Gasteiger charge is -2.19. The summed E-state index contributed by atoms with van der Waals surface area (Å²) in [6.07, 6.45) is 0.804. The van der Waals surface area contributed by atoms with Crippen molar-refractivity contribution in [2.24, 2.45) is 0 Å². The highest BCUT2D eigenvalue weighted by Crippen LogP contribution is 2.36. The Kier molecular flexibility index (Phi) is 5.11. The Bertz CT molecular complexity index is 492. The van der Waals surface area contributed by atoms with Gasteiger partial charge in [-0.2, -0.15) is 0 Å². The molecule has 0 spiro atoms. The van der Waals surface area contributed by atoms with Crippen LogP contribution in [-0.2, 0) is 9.59 Å². The Balaban J connectivity index is 2.11. The number of rotatable bonds is 4. The first-order valence-electron chi connectivity index (χ1n) is 6.17. The van der Waals surface area contributed by atoms with Crippen LogP contribution in [0.3, 0.4) is 0 Å². The van der Waals surface area contributed by atoms with Crippen LogP contribution in [0.1, 0.15) is 13.3 Å². The number of carboxylic acids is 1. The maximum atomic E-state index is 12.2. The monoisotopic (exact) mass is 332 g/mol. The summed E-state index contributed by atoms with van der Waals surface area (Å²) in [6, 6.07) is 0. The Labute approximate surface area is 131 Å². The summed E-state index contributed by atoms with van der Waals surface area (Å²) in [6.45, 7) is 2.63. The molecule has 0 saturated carbocycles. The standard InChI is InChI=1S/C12H16N2O3S3/c1-7(5-8-13(2)3-4-19-8)10-11(17)14(6-9(15)16)12(18)20-10/h8H,3-6H2,1-2H3,(H,15,16). The number of thiocarbonyl (C=S) groups is 1. The van der Waals surface area contributed by atoms with E-state index < -0.39 is 5.97 Å². The van der Waals surface area contributed by atoms with Crippen molar-refractivity contribution in [3.8, 4) is 0 Å². The Morgan fingerprint density at radius 3 is 2.80 bits per heavy atom. The molecule has 0 aromatic rings. The molecule has 0 aromatic heterocycles. The van der Waals surface area contributed by atoms with E-state index in [1.807, 2.05) is 18.7 Å². The van der Waals surface area contributed by atoms with Crippen molar-refractivity contribution in [3.05, 3.63) is 10.5 Å². The van der Waals surface area contributed by atoms with Gasteiger partial charge in [0.05, 0.1) is 10.3 Å². The highest BCUT2D eigenvalue weighted by Gasteiger charge is 2.35. The predicted molar refractivity (Wildman–Crippen MR) is 85.7 cm³/mol. The molecule has 2 heterocycles. The van der Waals surface area contributed by atoms with Gasteiger partial charge in [-0.3, -0.25) is 19.4 Å². The van der Waals surface area contributed by atoms with Gasteiger partial charge < -0.3 is 5.11 Å². The molecule has 1 atom stereocenters. The first-order valence-corrected chi connectivity index (χ1v) is 8.44. The van der Waals surface area contributed by atoms with Crippen LogP contribution in [0.2, 0.25) is 0 Å². The van der Waals surface area contributed by atoms with E-state index in [4.69, 9.17) is 17.3 Å². The van der Waals surface area contributed by atoms with Crippen LogP contribution in [0, 0.1) is 0 Å². The van der Waals surface area contributed by atoms with Crippen LogP contribution >= 0.6 is 35.7 Å². The summed E-state index contributed by atoms with van der Waals surface area (Å²) >= 11 is 8.19. The minimum absolute atomic E-state index is 0.273. The van der Waals surface area contributed by atoms with Crippen molar-refractivity contribution in [1.82, 2.24) is 9.80 Å². The first-order chi connectivity index (χ1) is 9.40. The fraction of sp³-hybridized carbons (Fsp3) is 0.583. The number of amides is 1. The van der Waals surface area contributed by atoms with E-state index in [0.29, 0.717) is 14.6 Å². The molecule has 1 amide bonds. The average molecular weight is 332 g/mol. The number of carbonyl (C=O) groups is 2. The van der Waals surface area contributed by atoms with Gasteiger partial charge in [-0.15, -0.1) is 11.8 Å². The number of hydrogen-bond acceptors (Lipinski definition) is 6. The molecule has 0 radical (unpaired) electrons. The molecular weight excluding hydrogens is 316 g/mol. The van der Waals surface area contributed by atoms with Crippen molar-refractivity contribution in [2.75, 3.05) is 25.9 Å². The second-order valence-corrected chi connectivity index (χ2v) is 7.70. The summed E-state index contributed by atoms with van der Waals surface area (Å²) in [5.41, 5.74) is 0.987. The van der Waals surface area contributed by atoms with Gasteiger partial charge in [0.1, 0.15) is 10.9 Å². The van der Waals surface area contributed by atoms with Crippen molar-refractivity contribution in [2.45, 2.75) is 18.7 Å². The summed E-state index contributed by atoms with van der Waals surface area (Å²) in [5, 5.41) is 9.20. The minimum atomic E-state index is -1.05. The van der Waals surface area contributed by atoms with Crippen LogP contribution < -0.4 is 0 Å². The normalized spacial score (nSPS) is 26.5. The van der Waals surface area contributed by atoms with Crippen LogP contribution in [0.4, 0.5) is 0 Å². The summed E-state index contributed by atoms with van der Waals surface area (Å²) in [5.74, 6) is -0.217. The number of hydrogen-bond donors (Lipinski definition) is 1. The van der Waals surface area contributed by atoms with Crippen molar-refractivity contribution < 1.29 is 14.7 Å². The second kappa shape index (κ2) is 6.46. The first kappa shape index (κ1) is 15.8. The lowest BCUT2D eigenvalue weighted by molar-refractivity contribution is -0.140. The minimum Gasteiger partial charge on any atom is -0.480 e. The van der Waals surface area contributed by atoms with Crippen LogP contribution in [-0.4, -0.2) is 62.4 Å². The van der Waals surface area contributed by atoms with Gasteiger partial charge in [-0.25, -0.2) is 0 Å². The Morgan fingerprint density at radius 2 is 2.25 bits per heavy atom. The molecule has 5 nitrogen and oxygen atoms in total. The Morgan fingerprint density at radius 1 is 1.55 bits per heavy atom. The maximum Gasteiger partial charge on any atom is 0.323 e. The van der Waals surface area contributed by atoms with Gasteiger partial charge in [0, 0.05) is 12.3 Å². The van der Waals surface area contributed by atoms with Crippen LogP contribution in [0.5, 0.6) is 0 Å². The van der Waals surface area contributed by atoms with Crippen molar-refractivity contribution in [3.63, 3.8) is 0 Å². The number of thioether (sulfide) groups is 2. The summed E-state index contributed by atoms with van der Waals surface area (Å²) in [4.78, 5) is 27.0. The fourth-order valence-corrected chi connectivity index (χ4v) is 4.78. The molecular formula is C12H16N2O3S3. The molecule has 20 heavy (non-hydrogen) atoms. The third kappa shape index (κ3) is 3.36. The number of carbonyl (C=O) groups excluding carboxylic acids is 1. The van der Waals surface area contributed by atoms with Gasteiger partial charge >= 0.3 is 5.97 Å². The SMILES string of the molecule is CC(CC1SCCN1C)=C1SC(=S)N(CC(=O)O)C1=O. The van der Waals surface area contributed by atoms with Gasteiger partial charge in [0.25, 0.3) is 5.91 Å². The smallest absolute Gasteiger partial charge is 0.323 e. The van der Waals surface area contributed by atoms with Gasteiger partial charge in [0.2, 0.25) is 0 Å². The molecule has 2 saturated heterocycles. The molecule has 1 N–H and O–H groups in total. The van der Waals surface area contributed by atoms with Gasteiger partial charge in [0.15, 0.2) is 0 Å². The maximum absolute atomic E-state index is 12.2. The Hall–Kier alpha value is -0.570. The van der Waals surface area contributed by atoms with Crippen molar-refractivity contribution in [1.29, 1.82) is 0 Å². The van der Waals surface area contributed by atoms with E-state index in [2.05, 4.69) is 11.9 Å². The second-order valence-electron chi connectivity index (χ2n) is 4.77. The van der Waals surface area contributed by atoms with Crippen molar-refractivity contribution >= 4 is 51.9 Å². The molecule has 0 bridgehead atoms. The summed E-state index contributed by atoms with van der Waals surface area (Å²) < 4.78 is 0.333. The summed E-state index contributed by atoms with van der Waals surface area (Å²) in [7, 11) is 2.08. The van der Waals surface area contributed by atoms with E-state index in [0.717, 1.165) is 29.2 Å². The molecule has 2 fully saturated rings. The molecule has 1 unspecified atom stereocenters. The third-order valence-electron chi connectivity index (χ3n) is 3.26. The number of aliphatic carboxylic acids is 1. The highest BCUT2D eigenvalue weighted by molar-refractivity contribution is 8.26. The number of nitrogens with zero attached hydrogens (tertiary/aromatic N) is 2. The highest BCUT2D eigenvalue weighted by atomic mass is 32.2. The quantitative estimate of drug-likeness (QED) is 0.620. The topological polar surface area (TPSA) is 60.9 Å². The average Bonchev–Trinajstić information content (AvgIpc) is 2.88. The van der Waals surface area contributed by atoms with E-state index in [-0.39, 0.29) is 12.5 Å². The number of carboxylic acid groups (broad SMARTS) is 1. The van der Waals surface area contributed by atoms with E-state index in [1.54, 1.807) is 0 Å². The van der Waals surface area contributed by atoms with Crippen LogP contribution in [0.15, 0.2) is 10.5 Å². The lowest BCUT2D eigenvalue weighted by Crippen LogP contribution is -2.33. The zero-order valence-corrected chi connectivity index (χ0v) is 13.7. The predicted octanol–water partition coefficient (Wildman–Crippen LogP) is 1.60. The molecule has 2 aliphatic rings. The third-order valence-corrected chi connectivity index (χ3v) is 6.18. The van der Waals surface area contributed by atoms with Gasteiger partial charge in [-0.05, 0) is 20.4 Å². The lowest BCUT2D eigenvalue weighted by atomic mass is 10.2. The van der Waals surface area contributed by atoms with E-state index >= 15 is 0 Å². The molecule has 0 aliphatic carbocycles. The molecule has 8 heteroatoms. The fourth-order valence-electron chi connectivity index (χ4n) is 2.11. The largest absolute Gasteiger partial charge is 0.480 e. The van der Waals surface area contributed by atoms with E-state index in [1.165, 1.54) is 11.8 Å². The molecule has 2 aliphatic heterocycles. The molecule has 0 aromatic carbocycles.